The van der Waals surface area contributed by atoms with Gasteiger partial charge in [0, 0.05) is 19.0 Å². The molecule has 0 aliphatic heterocycles. The van der Waals surface area contributed by atoms with Gasteiger partial charge in [0.2, 0.25) is 5.82 Å². The molecule has 1 atom stereocenters. The number of carbonyl (C=O) groups excluding carboxylic acids is 1. The van der Waals surface area contributed by atoms with Gasteiger partial charge in [-0.15, -0.1) is 5.10 Å². The molecule has 1 unspecified atom stereocenters. The molecule has 1 heterocycles. The zero-order valence-electron chi connectivity index (χ0n) is 10.6. The molecule has 0 saturated carbocycles. The summed E-state index contributed by atoms with van der Waals surface area (Å²) in [6, 6.07) is 1.89. The Morgan fingerprint density at radius 3 is 2.65 bits per heavy atom. The van der Waals surface area contributed by atoms with Gasteiger partial charge in [-0.05, 0) is 6.92 Å². The molecule has 92 valence electrons. The van der Waals surface area contributed by atoms with Crippen molar-refractivity contribution in [3.63, 3.8) is 0 Å². The van der Waals surface area contributed by atoms with E-state index in [0.717, 1.165) is 0 Å². The van der Waals surface area contributed by atoms with E-state index < -0.39 is 0 Å². The molecule has 0 spiro atoms. The van der Waals surface area contributed by atoms with Crippen LogP contribution in [-0.2, 0) is 0 Å². The number of rotatable bonds is 4. The highest BCUT2D eigenvalue weighted by Crippen LogP contribution is 2.10. The molecule has 1 N–H and O–H groups in total. The van der Waals surface area contributed by atoms with Crippen molar-refractivity contribution in [1.82, 2.24) is 20.1 Å². The lowest BCUT2D eigenvalue weighted by atomic mass is 10.2. The van der Waals surface area contributed by atoms with Crippen LogP contribution in [0.4, 0.5) is 0 Å². The third-order valence-corrected chi connectivity index (χ3v) is 2.61. The summed E-state index contributed by atoms with van der Waals surface area (Å²) in [4.78, 5) is 17.6. The van der Waals surface area contributed by atoms with Gasteiger partial charge in [-0.3, -0.25) is 9.89 Å². The van der Waals surface area contributed by atoms with Crippen LogP contribution in [0.5, 0.6) is 0 Å². The Morgan fingerprint density at radius 2 is 2.18 bits per heavy atom. The summed E-state index contributed by atoms with van der Waals surface area (Å²) in [6.45, 7) is 5.75. The van der Waals surface area contributed by atoms with Crippen molar-refractivity contribution in [3.05, 3.63) is 11.6 Å². The lowest BCUT2D eigenvalue weighted by molar-refractivity contribution is 0.0734. The number of nitriles is 1. The van der Waals surface area contributed by atoms with Crippen molar-refractivity contribution in [1.29, 1.82) is 5.26 Å². The van der Waals surface area contributed by atoms with Crippen molar-refractivity contribution in [2.45, 2.75) is 39.2 Å². The van der Waals surface area contributed by atoms with Gasteiger partial charge in [-0.1, -0.05) is 13.8 Å². The molecule has 1 aromatic rings. The fourth-order valence-corrected chi connectivity index (χ4v) is 1.26. The van der Waals surface area contributed by atoms with Gasteiger partial charge in [-0.25, -0.2) is 4.98 Å². The number of aromatic amines is 1. The molecule has 1 amide bonds. The maximum Gasteiger partial charge on any atom is 0.293 e. The van der Waals surface area contributed by atoms with E-state index >= 15 is 0 Å². The second kappa shape index (κ2) is 5.43. The van der Waals surface area contributed by atoms with Crippen LogP contribution in [0.1, 0.15) is 49.6 Å². The number of nitrogens with one attached hydrogen (secondary N) is 1. The highest BCUT2D eigenvalue weighted by molar-refractivity contribution is 5.90. The van der Waals surface area contributed by atoms with Gasteiger partial charge >= 0.3 is 0 Å². The first-order valence-electron chi connectivity index (χ1n) is 5.53. The zero-order valence-corrected chi connectivity index (χ0v) is 10.6. The van der Waals surface area contributed by atoms with Crippen LogP contribution in [0, 0.1) is 11.3 Å². The van der Waals surface area contributed by atoms with Gasteiger partial charge < -0.3 is 4.90 Å². The van der Waals surface area contributed by atoms with Gasteiger partial charge in [-0.2, -0.15) is 5.26 Å². The molecule has 0 aliphatic carbocycles. The van der Waals surface area contributed by atoms with E-state index in [-0.39, 0.29) is 23.7 Å². The molecule has 0 fully saturated rings. The number of carbonyl (C=O) groups is 1. The normalized spacial score (nSPS) is 12.2. The van der Waals surface area contributed by atoms with Crippen LogP contribution in [0.15, 0.2) is 0 Å². The molecule has 0 radical (unpaired) electrons. The lowest BCUT2D eigenvalue weighted by Gasteiger charge is -2.21. The maximum absolute atomic E-state index is 12.0. The molecule has 0 bridgehead atoms. The Morgan fingerprint density at radius 1 is 1.53 bits per heavy atom. The first kappa shape index (κ1) is 13.2. The Balaban J connectivity index is 2.78. The molecule has 1 rings (SSSR count). The van der Waals surface area contributed by atoms with Crippen molar-refractivity contribution in [3.8, 4) is 6.07 Å². The minimum Gasteiger partial charge on any atom is -0.335 e. The number of hydrogen-bond donors (Lipinski definition) is 1. The van der Waals surface area contributed by atoms with Crippen molar-refractivity contribution in [2.24, 2.45) is 0 Å². The Labute approximate surface area is 101 Å². The molecule has 6 heteroatoms. The second-order valence-corrected chi connectivity index (χ2v) is 4.33. The molecular formula is C11H17N5O. The summed E-state index contributed by atoms with van der Waals surface area (Å²) in [5.74, 6) is 0.775. The number of nitrogens with zero attached hydrogens (tertiary/aromatic N) is 4. The summed E-state index contributed by atoms with van der Waals surface area (Å²) >= 11 is 0. The van der Waals surface area contributed by atoms with Crippen LogP contribution >= 0.6 is 0 Å². The summed E-state index contributed by atoms with van der Waals surface area (Å²) < 4.78 is 0. The molecule has 0 aromatic carbocycles. The second-order valence-electron chi connectivity index (χ2n) is 4.33. The molecule has 17 heavy (non-hydrogen) atoms. The van der Waals surface area contributed by atoms with Gasteiger partial charge in [0.05, 0.1) is 12.5 Å². The summed E-state index contributed by atoms with van der Waals surface area (Å²) in [5.41, 5.74) is 0. The lowest BCUT2D eigenvalue weighted by Crippen LogP contribution is -2.35. The summed E-state index contributed by atoms with van der Waals surface area (Å²) in [7, 11) is 1.65. The maximum atomic E-state index is 12.0. The standard InChI is InChI=1S/C11H17N5O/c1-7(2)9-13-10(15-14-9)11(17)16(4)8(3)5-6-12/h7-8H,5H2,1-4H3,(H,13,14,15). The predicted octanol–water partition coefficient (Wildman–Crippen LogP) is 1.30. The molecule has 1 aromatic heterocycles. The number of H-pyrrole nitrogens is 1. The SMILES string of the molecule is CC(C)c1nc(C(=O)N(C)C(C)CC#N)n[nH]1. The first-order valence-corrected chi connectivity index (χ1v) is 5.53. The smallest absolute Gasteiger partial charge is 0.293 e. The van der Waals surface area contributed by atoms with Crippen LogP contribution in [0.3, 0.4) is 0 Å². The summed E-state index contributed by atoms with van der Waals surface area (Å²) in [6.07, 6.45) is 0.295. The number of hydrogen-bond acceptors (Lipinski definition) is 4. The number of aromatic nitrogens is 3. The van der Waals surface area contributed by atoms with E-state index in [4.69, 9.17) is 5.26 Å². The predicted molar refractivity (Wildman–Crippen MR) is 62.3 cm³/mol. The van der Waals surface area contributed by atoms with E-state index in [0.29, 0.717) is 12.2 Å². The molecular weight excluding hydrogens is 218 g/mol. The average molecular weight is 235 g/mol. The van der Waals surface area contributed by atoms with Crippen LogP contribution in [-0.4, -0.2) is 39.1 Å². The van der Waals surface area contributed by atoms with Gasteiger partial charge in [0.15, 0.2) is 0 Å². The topological polar surface area (TPSA) is 85.7 Å². The van der Waals surface area contributed by atoms with E-state index in [1.165, 1.54) is 4.90 Å². The van der Waals surface area contributed by atoms with Crippen LogP contribution in [0.2, 0.25) is 0 Å². The Bertz CT molecular complexity index is 431. The van der Waals surface area contributed by atoms with Crippen LogP contribution < -0.4 is 0 Å². The van der Waals surface area contributed by atoms with E-state index in [9.17, 15) is 4.79 Å². The van der Waals surface area contributed by atoms with Crippen molar-refractivity contribution >= 4 is 5.91 Å². The fraction of sp³-hybridized carbons (Fsp3) is 0.636. The van der Waals surface area contributed by atoms with E-state index in [1.807, 2.05) is 26.8 Å². The monoisotopic (exact) mass is 235 g/mol. The molecule has 0 aliphatic rings. The average Bonchev–Trinajstić information content (AvgIpc) is 2.76. The van der Waals surface area contributed by atoms with Crippen molar-refractivity contribution < 1.29 is 4.79 Å². The molecule has 0 saturated heterocycles. The van der Waals surface area contributed by atoms with Gasteiger partial charge in [0.1, 0.15) is 5.82 Å². The summed E-state index contributed by atoms with van der Waals surface area (Å²) in [5, 5.41) is 15.2. The highest BCUT2D eigenvalue weighted by Gasteiger charge is 2.21. The first-order chi connectivity index (χ1) is 7.97. The van der Waals surface area contributed by atoms with E-state index in [1.54, 1.807) is 7.05 Å². The third-order valence-electron chi connectivity index (χ3n) is 2.61. The quantitative estimate of drug-likeness (QED) is 0.852. The minimum absolute atomic E-state index is 0.145. The van der Waals surface area contributed by atoms with Crippen LogP contribution in [0.25, 0.3) is 0 Å². The largest absolute Gasteiger partial charge is 0.335 e. The zero-order chi connectivity index (χ0) is 13.0. The number of amides is 1. The fourth-order valence-electron chi connectivity index (χ4n) is 1.26. The van der Waals surface area contributed by atoms with Crippen molar-refractivity contribution in [2.75, 3.05) is 7.05 Å². The van der Waals surface area contributed by atoms with E-state index in [2.05, 4.69) is 15.2 Å². The van der Waals surface area contributed by atoms with Gasteiger partial charge in [0.25, 0.3) is 5.91 Å². The minimum atomic E-state index is -0.268. The Kier molecular flexibility index (Phi) is 4.21. The Hall–Kier alpha value is -1.90. The highest BCUT2D eigenvalue weighted by atomic mass is 16.2. The third kappa shape index (κ3) is 3.03. The molecule has 6 nitrogen and oxygen atoms in total.